The number of benzene rings is 2. The molecule has 0 radical (unpaired) electrons. The van der Waals surface area contributed by atoms with Gasteiger partial charge in [0.1, 0.15) is 6.04 Å². The number of nitrogens with one attached hydrogen (secondary N) is 1. The number of carbonyl (C=O) groups excluding carboxylic acids is 2. The van der Waals surface area contributed by atoms with Crippen LogP contribution in [0.3, 0.4) is 0 Å². The Morgan fingerprint density at radius 2 is 1.74 bits per heavy atom. The van der Waals surface area contributed by atoms with Gasteiger partial charge in [-0.2, -0.15) is 13.2 Å². The normalized spacial score (nSPS) is 15.1. The summed E-state index contributed by atoms with van der Waals surface area (Å²) in [5, 5.41) is 3.04. The molecule has 2 aromatic carbocycles. The van der Waals surface area contributed by atoms with Gasteiger partial charge in [0.15, 0.2) is 0 Å². The first kappa shape index (κ1) is 30.5. The summed E-state index contributed by atoms with van der Waals surface area (Å²) in [6, 6.07) is 11.0. The van der Waals surface area contributed by atoms with E-state index in [1.165, 1.54) is 11.0 Å². The first-order chi connectivity index (χ1) is 18.3. The lowest BCUT2D eigenvalue weighted by atomic mass is 10.1. The molecule has 0 bridgehead atoms. The summed E-state index contributed by atoms with van der Waals surface area (Å²) < 4.78 is 65.4. The maximum absolute atomic E-state index is 13.4. The van der Waals surface area contributed by atoms with Crippen molar-refractivity contribution in [3.8, 4) is 0 Å². The highest BCUT2D eigenvalue weighted by Crippen LogP contribution is 2.32. The van der Waals surface area contributed by atoms with Crippen LogP contribution in [0.25, 0.3) is 0 Å². The van der Waals surface area contributed by atoms with Crippen molar-refractivity contribution in [3.05, 3.63) is 65.2 Å². The van der Waals surface area contributed by atoms with Crippen molar-refractivity contribution in [3.63, 3.8) is 0 Å². The topological polar surface area (TPSA) is 86.8 Å². The van der Waals surface area contributed by atoms with E-state index in [9.17, 15) is 31.2 Å². The zero-order valence-electron chi connectivity index (χ0n) is 22.5. The summed E-state index contributed by atoms with van der Waals surface area (Å²) in [5.74, 6) is -0.588. The molecule has 0 spiro atoms. The molecule has 39 heavy (non-hydrogen) atoms. The maximum Gasteiger partial charge on any atom is 0.416 e. The van der Waals surface area contributed by atoms with Gasteiger partial charge in [-0.1, -0.05) is 43.2 Å². The monoisotopic (exact) mass is 567 g/mol. The van der Waals surface area contributed by atoms with Gasteiger partial charge < -0.3 is 10.2 Å². The highest BCUT2D eigenvalue weighted by molar-refractivity contribution is 7.92. The summed E-state index contributed by atoms with van der Waals surface area (Å²) >= 11 is 0. The SMILES string of the molecule is Cc1ccccc1CN(C(=O)CCCN(c1cccc(C(F)(F)F)c1)S(C)(=O)=O)C(C)C(=O)NC1CCCC1. The second kappa shape index (κ2) is 12.8. The number of aryl methyl sites for hydroxylation is 1. The molecule has 0 aromatic heterocycles. The summed E-state index contributed by atoms with van der Waals surface area (Å²) in [6.45, 7) is 3.60. The number of hydrogen-bond donors (Lipinski definition) is 1. The molecule has 1 unspecified atom stereocenters. The quantitative estimate of drug-likeness (QED) is 0.413. The largest absolute Gasteiger partial charge is 0.416 e. The maximum atomic E-state index is 13.4. The first-order valence-corrected chi connectivity index (χ1v) is 14.9. The Morgan fingerprint density at radius 1 is 1.08 bits per heavy atom. The number of halogens is 3. The van der Waals surface area contributed by atoms with Crippen LogP contribution in [0.4, 0.5) is 18.9 Å². The number of rotatable bonds is 11. The van der Waals surface area contributed by atoms with Crippen LogP contribution in [-0.4, -0.2) is 50.0 Å². The summed E-state index contributed by atoms with van der Waals surface area (Å²) in [6.07, 6.45) is 0.167. The van der Waals surface area contributed by atoms with Gasteiger partial charge in [0, 0.05) is 25.6 Å². The molecule has 1 aliphatic rings. The number of alkyl halides is 3. The molecule has 0 aliphatic heterocycles. The number of carbonyl (C=O) groups is 2. The fraction of sp³-hybridized carbons (Fsp3) is 0.500. The Bertz CT molecular complexity index is 1260. The molecular weight excluding hydrogens is 531 g/mol. The Balaban J connectivity index is 1.75. The molecule has 1 fully saturated rings. The van der Waals surface area contributed by atoms with Gasteiger partial charge in [-0.15, -0.1) is 0 Å². The van der Waals surface area contributed by atoms with E-state index < -0.39 is 27.8 Å². The fourth-order valence-corrected chi connectivity index (χ4v) is 5.74. The zero-order chi connectivity index (χ0) is 28.8. The van der Waals surface area contributed by atoms with E-state index in [1.54, 1.807) is 6.92 Å². The number of anilines is 1. The van der Waals surface area contributed by atoms with Crippen molar-refractivity contribution in [2.75, 3.05) is 17.1 Å². The van der Waals surface area contributed by atoms with Crippen molar-refractivity contribution in [2.24, 2.45) is 0 Å². The molecule has 3 rings (SSSR count). The van der Waals surface area contributed by atoms with Crippen molar-refractivity contribution in [1.82, 2.24) is 10.2 Å². The Morgan fingerprint density at radius 3 is 2.36 bits per heavy atom. The van der Waals surface area contributed by atoms with Gasteiger partial charge in [0.25, 0.3) is 0 Å². The van der Waals surface area contributed by atoms with E-state index in [4.69, 9.17) is 0 Å². The number of amides is 2. The van der Waals surface area contributed by atoms with Crippen molar-refractivity contribution in [1.29, 1.82) is 0 Å². The minimum atomic E-state index is -4.62. The standard InChI is InChI=1S/C28H36F3N3O4S/c1-20-10-4-5-11-22(20)19-33(21(2)27(36)32-24-13-6-7-14-24)26(35)16-9-17-34(39(3,37)38)25-15-8-12-23(18-25)28(29,30)31/h4-5,8,10-12,15,18,21,24H,6-7,9,13-14,16-17,19H2,1-3H3,(H,32,36). The van der Waals surface area contributed by atoms with Crippen molar-refractivity contribution in [2.45, 2.75) is 77.2 Å². The average molecular weight is 568 g/mol. The molecule has 0 saturated heterocycles. The van der Waals surface area contributed by atoms with E-state index in [0.717, 1.165) is 65.6 Å². The first-order valence-electron chi connectivity index (χ1n) is 13.1. The van der Waals surface area contributed by atoms with E-state index in [-0.39, 0.29) is 49.5 Å². The third kappa shape index (κ3) is 8.45. The number of hydrogen-bond acceptors (Lipinski definition) is 4. The van der Waals surface area contributed by atoms with E-state index in [0.29, 0.717) is 0 Å². The summed E-state index contributed by atoms with van der Waals surface area (Å²) in [7, 11) is -3.92. The predicted octanol–water partition coefficient (Wildman–Crippen LogP) is 5.04. The number of sulfonamides is 1. The van der Waals surface area contributed by atoms with Crippen LogP contribution in [-0.2, 0) is 32.3 Å². The average Bonchev–Trinajstić information content (AvgIpc) is 3.37. The van der Waals surface area contributed by atoms with Gasteiger partial charge in [-0.25, -0.2) is 8.42 Å². The number of nitrogens with zero attached hydrogens (tertiary/aromatic N) is 2. The highest BCUT2D eigenvalue weighted by Gasteiger charge is 2.32. The Kier molecular flexibility index (Phi) is 10.0. The van der Waals surface area contributed by atoms with Crippen LogP contribution >= 0.6 is 0 Å². The molecule has 1 saturated carbocycles. The summed E-state index contributed by atoms with van der Waals surface area (Å²) in [4.78, 5) is 28.0. The van der Waals surface area contributed by atoms with Crippen molar-refractivity contribution < 1.29 is 31.2 Å². The minimum absolute atomic E-state index is 0.0589. The Labute approximate surface area is 228 Å². The van der Waals surface area contributed by atoms with Gasteiger partial charge >= 0.3 is 6.18 Å². The molecule has 1 aliphatic carbocycles. The molecule has 214 valence electrons. The zero-order valence-corrected chi connectivity index (χ0v) is 23.3. The second-order valence-corrected chi connectivity index (χ2v) is 12.0. The van der Waals surface area contributed by atoms with E-state index >= 15 is 0 Å². The fourth-order valence-electron chi connectivity index (χ4n) is 4.79. The lowest BCUT2D eigenvalue weighted by Gasteiger charge is -2.30. The molecule has 0 heterocycles. The second-order valence-electron chi connectivity index (χ2n) is 10.1. The molecule has 2 amide bonds. The third-order valence-corrected chi connectivity index (χ3v) is 8.28. The van der Waals surface area contributed by atoms with E-state index in [1.807, 2.05) is 31.2 Å². The third-order valence-electron chi connectivity index (χ3n) is 7.08. The molecule has 7 nitrogen and oxygen atoms in total. The molecule has 11 heteroatoms. The summed E-state index contributed by atoms with van der Waals surface area (Å²) in [5.41, 5.74) is 0.761. The molecule has 2 aromatic rings. The van der Waals surface area contributed by atoms with Gasteiger partial charge in [0.2, 0.25) is 21.8 Å². The molecule has 1 N–H and O–H groups in total. The van der Waals surface area contributed by atoms with E-state index in [2.05, 4.69) is 5.32 Å². The van der Waals surface area contributed by atoms with Crippen LogP contribution in [0.15, 0.2) is 48.5 Å². The van der Waals surface area contributed by atoms with Crippen LogP contribution < -0.4 is 9.62 Å². The van der Waals surface area contributed by atoms with Gasteiger partial charge in [-0.05, 0) is 62.4 Å². The van der Waals surface area contributed by atoms with Gasteiger partial charge in [-0.3, -0.25) is 13.9 Å². The molecule has 1 atom stereocenters. The van der Waals surface area contributed by atoms with Gasteiger partial charge in [0.05, 0.1) is 17.5 Å². The Hall–Kier alpha value is -3.08. The van der Waals surface area contributed by atoms with Crippen LogP contribution in [0.1, 0.15) is 62.1 Å². The smallest absolute Gasteiger partial charge is 0.352 e. The molecular formula is C28H36F3N3O4S. The van der Waals surface area contributed by atoms with Crippen LogP contribution in [0.2, 0.25) is 0 Å². The van der Waals surface area contributed by atoms with Crippen molar-refractivity contribution >= 4 is 27.5 Å². The lowest BCUT2D eigenvalue weighted by Crippen LogP contribution is -2.49. The minimum Gasteiger partial charge on any atom is -0.352 e. The van der Waals surface area contributed by atoms with Crippen LogP contribution in [0.5, 0.6) is 0 Å². The lowest BCUT2D eigenvalue weighted by molar-refractivity contribution is -0.141. The predicted molar refractivity (Wildman–Crippen MR) is 144 cm³/mol. The highest BCUT2D eigenvalue weighted by atomic mass is 32.2. The van der Waals surface area contributed by atoms with Crippen LogP contribution in [0, 0.1) is 6.92 Å².